The number of amides is 3. The predicted molar refractivity (Wildman–Crippen MR) is 139 cm³/mol. The van der Waals surface area contributed by atoms with Crippen LogP contribution >= 0.6 is 23.2 Å². The summed E-state index contributed by atoms with van der Waals surface area (Å²) in [6.45, 7) is 2.03. The van der Waals surface area contributed by atoms with E-state index in [1.54, 1.807) is 0 Å². The highest BCUT2D eigenvalue weighted by Gasteiger charge is 2.72. The predicted octanol–water partition coefficient (Wildman–Crippen LogP) is 5.17. The molecule has 0 spiro atoms. The molecule has 1 aliphatic heterocycles. The zero-order chi connectivity index (χ0) is 25.2. The first kappa shape index (κ1) is 23.3. The van der Waals surface area contributed by atoms with E-state index in [2.05, 4.69) is 12.2 Å². The second kappa shape index (κ2) is 8.19. The number of hydrogen-bond acceptors (Lipinski definition) is 3. The van der Waals surface area contributed by atoms with E-state index < -0.39 is 21.6 Å². The molecule has 0 saturated carbocycles. The molecule has 1 saturated heterocycles. The lowest BCUT2D eigenvalue weighted by Gasteiger charge is -2.54. The summed E-state index contributed by atoms with van der Waals surface area (Å²) < 4.78 is 0. The van der Waals surface area contributed by atoms with E-state index >= 15 is 0 Å². The van der Waals surface area contributed by atoms with E-state index in [-0.39, 0.29) is 30.7 Å². The molecule has 1 N–H and O–H groups in total. The lowest BCUT2D eigenvalue weighted by atomic mass is 9.54. The Morgan fingerprint density at radius 1 is 0.806 bits per heavy atom. The van der Waals surface area contributed by atoms with E-state index in [1.165, 1.54) is 10.5 Å². The van der Waals surface area contributed by atoms with Gasteiger partial charge in [-0.3, -0.25) is 19.3 Å². The van der Waals surface area contributed by atoms with Crippen LogP contribution in [0.4, 0.5) is 5.69 Å². The molecule has 182 valence electrons. The number of carbonyl (C=O) groups excluding carboxylic acids is 3. The van der Waals surface area contributed by atoms with E-state index in [9.17, 15) is 14.4 Å². The van der Waals surface area contributed by atoms with Crippen molar-refractivity contribution in [1.29, 1.82) is 0 Å². The molecule has 2 bridgehead atoms. The quantitative estimate of drug-likeness (QED) is 0.374. The number of nitrogens with zero attached hydrogens (tertiary/aromatic N) is 1. The molecule has 0 radical (unpaired) electrons. The number of rotatable bonds is 5. The summed E-state index contributed by atoms with van der Waals surface area (Å²) in [7, 11) is 0. The summed E-state index contributed by atoms with van der Waals surface area (Å²) in [5, 5.41) is 2.84. The summed E-state index contributed by atoms with van der Waals surface area (Å²) in [6, 6.07) is 22.7. The first-order valence-corrected chi connectivity index (χ1v) is 12.9. The Kier molecular flexibility index (Phi) is 5.29. The molecule has 7 rings (SSSR count). The molecule has 2 atom stereocenters. The zero-order valence-electron chi connectivity index (χ0n) is 19.6. The Hall–Kier alpha value is -3.15. The molecule has 3 amide bonds. The largest absolute Gasteiger partial charge is 0.326 e. The number of halogens is 2. The Morgan fingerprint density at radius 2 is 1.25 bits per heavy atom. The van der Waals surface area contributed by atoms with Gasteiger partial charge in [0.05, 0.1) is 11.8 Å². The van der Waals surface area contributed by atoms with Gasteiger partial charge in [-0.05, 0) is 46.4 Å². The molecule has 3 aromatic carbocycles. The van der Waals surface area contributed by atoms with Gasteiger partial charge in [-0.1, -0.05) is 67.6 Å². The van der Waals surface area contributed by atoms with Crippen LogP contribution in [0.1, 0.15) is 41.2 Å². The van der Waals surface area contributed by atoms with Crippen molar-refractivity contribution in [3.63, 3.8) is 0 Å². The van der Waals surface area contributed by atoms with Gasteiger partial charge in [0.15, 0.2) is 0 Å². The van der Waals surface area contributed by atoms with Crippen molar-refractivity contribution in [2.45, 2.75) is 29.5 Å². The molecular weight excluding hydrogens is 495 g/mol. The van der Waals surface area contributed by atoms with E-state index in [0.29, 0.717) is 5.69 Å². The standard InChI is InChI=1S/C29H24Cl2N2O3/c1-2-17-11-13-18(14-12-17)32-23(34)15-16-33-26(35)24-25(27(33)36)29(31)20-8-4-3-7-19(20)28(24,30)21-9-5-6-10-22(21)29/h3-14,24-25H,2,15-16H2,1H3,(H,32,34)/t24-,25-,28?,29?/m1/s1. The third kappa shape index (κ3) is 2.99. The Labute approximate surface area is 219 Å². The fourth-order valence-electron chi connectivity index (χ4n) is 6.21. The first-order chi connectivity index (χ1) is 17.3. The number of benzene rings is 3. The van der Waals surface area contributed by atoms with Crippen LogP contribution in [0.15, 0.2) is 72.8 Å². The Balaban J connectivity index is 1.31. The number of anilines is 1. The minimum atomic E-state index is -1.21. The minimum Gasteiger partial charge on any atom is -0.326 e. The van der Waals surface area contributed by atoms with Crippen LogP contribution in [0.2, 0.25) is 0 Å². The van der Waals surface area contributed by atoms with Gasteiger partial charge in [0, 0.05) is 18.7 Å². The van der Waals surface area contributed by atoms with Crippen molar-refractivity contribution in [2.24, 2.45) is 11.8 Å². The Bertz CT molecular complexity index is 1300. The number of alkyl halides is 2. The molecule has 1 fully saturated rings. The van der Waals surface area contributed by atoms with Gasteiger partial charge in [-0.2, -0.15) is 0 Å². The first-order valence-electron chi connectivity index (χ1n) is 12.1. The van der Waals surface area contributed by atoms with Crippen LogP contribution in [0.5, 0.6) is 0 Å². The van der Waals surface area contributed by atoms with Crippen LogP contribution in [0, 0.1) is 11.8 Å². The van der Waals surface area contributed by atoms with Crippen molar-refractivity contribution >= 4 is 46.6 Å². The van der Waals surface area contributed by atoms with E-state index in [1.807, 2.05) is 72.8 Å². The van der Waals surface area contributed by atoms with Crippen molar-refractivity contribution in [2.75, 3.05) is 11.9 Å². The molecule has 36 heavy (non-hydrogen) atoms. The van der Waals surface area contributed by atoms with Crippen molar-refractivity contribution in [1.82, 2.24) is 4.90 Å². The maximum Gasteiger partial charge on any atom is 0.235 e. The summed E-state index contributed by atoms with van der Waals surface area (Å²) in [6.07, 6.45) is 0.893. The molecule has 1 heterocycles. The van der Waals surface area contributed by atoms with Crippen molar-refractivity contribution < 1.29 is 14.4 Å². The van der Waals surface area contributed by atoms with Gasteiger partial charge < -0.3 is 5.32 Å². The second-order valence-corrected chi connectivity index (χ2v) is 10.8. The molecule has 4 aliphatic rings. The number of likely N-dealkylation sites (tertiary alicyclic amines) is 1. The molecule has 5 nitrogen and oxygen atoms in total. The van der Waals surface area contributed by atoms with Gasteiger partial charge in [-0.25, -0.2) is 0 Å². The Morgan fingerprint density at radius 3 is 1.67 bits per heavy atom. The van der Waals surface area contributed by atoms with Gasteiger partial charge in [0.2, 0.25) is 17.7 Å². The van der Waals surface area contributed by atoms with E-state index in [4.69, 9.17) is 23.2 Å². The molecular formula is C29H24Cl2N2O3. The lowest BCUT2D eigenvalue weighted by molar-refractivity contribution is -0.140. The van der Waals surface area contributed by atoms with E-state index in [0.717, 1.165) is 28.7 Å². The number of imide groups is 1. The van der Waals surface area contributed by atoms with Gasteiger partial charge in [-0.15, -0.1) is 23.2 Å². The monoisotopic (exact) mass is 518 g/mol. The molecule has 3 aromatic rings. The van der Waals surface area contributed by atoms with Gasteiger partial charge in [0.25, 0.3) is 0 Å². The topological polar surface area (TPSA) is 66.5 Å². The number of nitrogens with one attached hydrogen (secondary N) is 1. The highest BCUT2D eigenvalue weighted by Crippen LogP contribution is 2.69. The molecule has 7 heteroatoms. The number of hydrogen-bond donors (Lipinski definition) is 1. The smallest absolute Gasteiger partial charge is 0.235 e. The second-order valence-electron chi connectivity index (χ2n) is 9.65. The summed E-state index contributed by atoms with van der Waals surface area (Å²) in [4.78, 5) is 39.0. The van der Waals surface area contributed by atoms with Crippen LogP contribution < -0.4 is 5.32 Å². The van der Waals surface area contributed by atoms with Gasteiger partial charge in [0.1, 0.15) is 9.75 Å². The zero-order valence-corrected chi connectivity index (χ0v) is 21.1. The maximum atomic E-state index is 13.8. The number of carbonyl (C=O) groups is 3. The van der Waals surface area contributed by atoms with Crippen molar-refractivity contribution in [3.05, 3.63) is 101 Å². The number of aryl methyl sites for hydroxylation is 1. The normalized spacial score (nSPS) is 27.5. The highest BCUT2D eigenvalue weighted by atomic mass is 35.5. The van der Waals surface area contributed by atoms with Crippen LogP contribution in [-0.2, 0) is 30.6 Å². The molecule has 3 aliphatic carbocycles. The maximum absolute atomic E-state index is 13.8. The summed E-state index contributed by atoms with van der Waals surface area (Å²) in [5.74, 6) is -2.73. The average Bonchev–Trinajstić information content (AvgIpc) is 3.17. The lowest BCUT2D eigenvalue weighted by Crippen LogP contribution is -2.57. The third-order valence-corrected chi connectivity index (χ3v) is 9.17. The van der Waals surface area contributed by atoms with Crippen LogP contribution in [0.25, 0.3) is 0 Å². The average molecular weight is 519 g/mol. The van der Waals surface area contributed by atoms with Crippen LogP contribution in [0.3, 0.4) is 0 Å². The van der Waals surface area contributed by atoms with Gasteiger partial charge >= 0.3 is 0 Å². The summed E-state index contributed by atoms with van der Waals surface area (Å²) >= 11 is 14.8. The third-order valence-electron chi connectivity index (χ3n) is 7.89. The SMILES string of the molecule is CCc1ccc(NC(=O)CCN2C(=O)[C@H]3[C@H](C2=O)C2(Cl)c4ccccc4C3(Cl)c3ccccc32)cc1. The molecule has 0 unspecified atom stereocenters. The summed E-state index contributed by atoms with van der Waals surface area (Å²) in [5.41, 5.74) is 4.89. The fourth-order valence-corrected chi connectivity index (χ4v) is 7.30. The minimum absolute atomic E-state index is 0.0169. The fraction of sp³-hybridized carbons (Fsp3) is 0.276. The van der Waals surface area contributed by atoms with Crippen LogP contribution in [-0.4, -0.2) is 29.2 Å². The van der Waals surface area contributed by atoms with Crippen molar-refractivity contribution in [3.8, 4) is 0 Å². The molecule has 0 aromatic heterocycles. The highest BCUT2D eigenvalue weighted by molar-refractivity contribution is 6.36.